The highest BCUT2D eigenvalue weighted by molar-refractivity contribution is 5.31. The van der Waals surface area contributed by atoms with Crippen LogP contribution in [-0.2, 0) is 0 Å². The molecule has 0 aromatic heterocycles. The molecule has 0 aliphatic rings. The molecule has 0 aliphatic heterocycles. The molecule has 0 spiro atoms. The molecule has 0 aliphatic carbocycles. The van der Waals surface area contributed by atoms with E-state index in [4.69, 9.17) is 10.5 Å². The smallest absolute Gasteiger partial charge is 0.165 e. The number of benzene rings is 2. The maximum Gasteiger partial charge on any atom is 0.165 e. The first kappa shape index (κ1) is 13.6. The lowest BCUT2D eigenvalue weighted by Crippen LogP contribution is -2.20. The fourth-order valence-electron chi connectivity index (χ4n) is 1.99. The minimum absolute atomic E-state index is 0.254. The van der Waals surface area contributed by atoms with Crippen LogP contribution < -0.4 is 10.5 Å². The van der Waals surface area contributed by atoms with Crippen LogP contribution in [0.1, 0.15) is 22.7 Å². The largest absolute Gasteiger partial charge is 0.489 e. The highest BCUT2D eigenvalue weighted by atomic mass is 19.1. The Morgan fingerprint density at radius 1 is 1.16 bits per heavy atom. The van der Waals surface area contributed by atoms with Crippen molar-refractivity contribution in [1.82, 2.24) is 0 Å². The second-order valence-corrected chi connectivity index (χ2v) is 4.71. The Morgan fingerprint density at radius 3 is 2.63 bits per heavy atom. The third kappa shape index (κ3) is 3.32. The van der Waals surface area contributed by atoms with Crippen molar-refractivity contribution in [1.29, 1.82) is 0 Å². The topological polar surface area (TPSA) is 35.2 Å². The van der Waals surface area contributed by atoms with Crippen LogP contribution in [0.25, 0.3) is 0 Å². The number of hydrogen-bond donors (Lipinski definition) is 1. The Labute approximate surface area is 113 Å². The summed E-state index contributed by atoms with van der Waals surface area (Å²) in [5, 5.41) is 0. The summed E-state index contributed by atoms with van der Waals surface area (Å²) in [6.07, 6.45) is 0. The second-order valence-electron chi connectivity index (χ2n) is 4.71. The van der Waals surface area contributed by atoms with E-state index in [0.29, 0.717) is 0 Å². The minimum atomic E-state index is -0.359. The summed E-state index contributed by atoms with van der Waals surface area (Å²) in [5.41, 5.74) is 9.18. The molecule has 100 valence electrons. The average Bonchev–Trinajstić information content (AvgIpc) is 2.40. The molecule has 1 unspecified atom stereocenters. The monoisotopic (exact) mass is 259 g/mol. The Kier molecular flexibility index (Phi) is 4.17. The first-order valence-electron chi connectivity index (χ1n) is 6.28. The van der Waals surface area contributed by atoms with Crippen LogP contribution >= 0.6 is 0 Å². The van der Waals surface area contributed by atoms with Gasteiger partial charge in [0.2, 0.25) is 0 Å². The van der Waals surface area contributed by atoms with Crippen molar-refractivity contribution in [2.24, 2.45) is 5.73 Å². The van der Waals surface area contributed by atoms with Crippen molar-refractivity contribution >= 4 is 0 Å². The molecule has 0 saturated carbocycles. The van der Waals surface area contributed by atoms with E-state index in [-0.39, 0.29) is 24.2 Å². The molecule has 0 amide bonds. The molecule has 0 radical (unpaired) electrons. The predicted molar refractivity (Wildman–Crippen MR) is 74.7 cm³/mol. The summed E-state index contributed by atoms with van der Waals surface area (Å²) < 4.78 is 19.0. The number of rotatable bonds is 4. The molecule has 2 N–H and O–H groups in total. The Balaban J connectivity index is 2.06. The van der Waals surface area contributed by atoms with Gasteiger partial charge in [-0.3, -0.25) is 0 Å². The van der Waals surface area contributed by atoms with Gasteiger partial charge in [-0.25, -0.2) is 4.39 Å². The van der Waals surface area contributed by atoms with Gasteiger partial charge in [0.15, 0.2) is 11.6 Å². The van der Waals surface area contributed by atoms with E-state index >= 15 is 0 Å². The summed E-state index contributed by atoms with van der Waals surface area (Å²) in [7, 11) is 0. The van der Waals surface area contributed by atoms with Gasteiger partial charge in [0, 0.05) is 0 Å². The van der Waals surface area contributed by atoms with Gasteiger partial charge in [-0.05, 0) is 42.7 Å². The first-order valence-corrected chi connectivity index (χ1v) is 6.28. The lowest BCUT2D eigenvalue weighted by molar-refractivity contribution is 0.277. The van der Waals surface area contributed by atoms with Gasteiger partial charge in [-0.2, -0.15) is 0 Å². The predicted octanol–water partition coefficient (Wildman–Crippen LogP) is 3.52. The molecule has 2 aromatic rings. The lowest BCUT2D eigenvalue weighted by Gasteiger charge is -2.16. The van der Waals surface area contributed by atoms with Gasteiger partial charge in [-0.1, -0.05) is 30.3 Å². The van der Waals surface area contributed by atoms with Gasteiger partial charge in [0.1, 0.15) is 6.61 Å². The van der Waals surface area contributed by atoms with Crippen molar-refractivity contribution < 1.29 is 9.13 Å². The number of nitrogens with two attached hydrogens (primary N) is 1. The summed E-state index contributed by atoms with van der Waals surface area (Å²) in [6, 6.07) is 12.4. The Hall–Kier alpha value is -1.87. The number of aryl methyl sites for hydroxylation is 2. The molecule has 0 fully saturated rings. The zero-order valence-electron chi connectivity index (χ0n) is 11.2. The van der Waals surface area contributed by atoms with E-state index in [1.54, 1.807) is 12.1 Å². The molecule has 3 heteroatoms. The summed E-state index contributed by atoms with van der Waals surface area (Å²) >= 11 is 0. The van der Waals surface area contributed by atoms with Crippen LogP contribution in [0.3, 0.4) is 0 Å². The van der Waals surface area contributed by atoms with Gasteiger partial charge in [0.05, 0.1) is 6.04 Å². The standard InChI is InChI=1S/C16H18FNO/c1-11-7-8-14(17)16(9-11)19-10-15(18)13-6-4-3-5-12(13)2/h3-9,15H,10,18H2,1-2H3. The molecular weight excluding hydrogens is 241 g/mol. The third-order valence-corrected chi connectivity index (χ3v) is 3.09. The molecular formula is C16H18FNO. The SMILES string of the molecule is Cc1ccc(F)c(OCC(N)c2ccccc2C)c1. The fraction of sp³-hybridized carbons (Fsp3) is 0.250. The maximum atomic E-state index is 13.5. The molecule has 0 heterocycles. The zero-order chi connectivity index (χ0) is 13.8. The molecule has 1 atom stereocenters. The van der Waals surface area contributed by atoms with Crippen LogP contribution in [0.2, 0.25) is 0 Å². The van der Waals surface area contributed by atoms with Crippen LogP contribution in [0.15, 0.2) is 42.5 Å². The van der Waals surface area contributed by atoms with Crippen molar-refractivity contribution in [3.05, 3.63) is 65.0 Å². The molecule has 0 saturated heterocycles. The number of halogens is 1. The first-order chi connectivity index (χ1) is 9.08. The van der Waals surface area contributed by atoms with Gasteiger partial charge >= 0.3 is 0 Å². The van der Waals surface area contributed by atoms with Gasteiger partial charge in [0.25, 0.3) is 0 Å². The Morgan fingerprint density at radius 2 is 1.89 bits per heavy atom. The van der Waals surface area contributed by atoms with Crippen LogP contribution in [0.5, 0.6) is 5.75 Å². The van der Waals surface area contributed by atoms with Crippen molar-refractivity contribution in [3.8, 4) is 5.75 Å². The van der Waals surface area contributed by atoms with Gasteiger partial charge < -0.3 is 10.5 Å². The average molecular weight is 259 g/mol. The van der Waals surface area contributed by atoms with E-state index in [1.807, 2.05) is 38.1 Å². The molecule has 2 nitrogen and oxygen atoms in total. The molecule has 0 bridgehead atoms. The molecule has 2 rings (SSSR count). The quantitative estimate of drug-likeness (QED) is 0.911. The van der Waals surface area contributed by atoms with Crippen LogP contribution in [-0.4, -0.2) is 6.61 Å². The summed E-state index contributed by atoms with van der Waals surface area (Å²) in [4.78, 5) is 0. The second kappa shape index (κ2) is 5.85. The highest BCUT2D eigenvalue weighted by Gasteiger charge is 2.11. The number of ether oxygens (including phenoxy) is 1. The van der Waals surface area contributed by atoms with E-state index in [2.05, 4.69) is 0 Å². The van der Waals surface area contributed by atoms with Crippen LogP contribution in [0.4, 0.5) is 4.39 Å². The van der Waals surface area contributed by atoms with Crippen molar-refractivity contribution in [2.75, 3.05) is 6.61 Å². The van der Waals surface area contributed by atoms with E-state index < -0.39 is 0 Å². The van der Waals surface area contributed by atoms with Crippen molar-refractivity contribution in [2.45, 2.75) is 19.9 Å². The Bertz CT molecular complexity index is 568. The maximum absolute atomic E-state index is 13.5. The van der Waals surface area contributed by atoms with E-state index in [0.717, 1.165) is 16.7 Å². The fourth-order valence-corrected chi connectivity index (χ4v) is 1.99. The van der Waals surface area contributed by atoms with Gasteiger partial charge in [-0.15, -0.1) is 0 Å². The third-order valence-electron chi connectivity index (χ3n) is 3.09. The summed E-state index contributed by atoms with van der Waals surface area (Å²) in [5.74, 6) is -0.105. The molecule has 2 aromatic carbocycles. The lowest BCUT2D eigenvalue weighted by atomic mass is 10.0. The number of hydrogen-bond acceptors (Lipinski definition) is 2. The van der Waals surface area contributed by atoms with E-state index in [1.165, 1.54) is 6.07 Å². The zero-order valence-corrected chi connectivity index (χ0v) is 11.2. The molecule has 19 heavy (non-hydrogen) atoms. The van der Waals surface area contributed by atoms with Crippen molar-refractivity contribution in [3.63, 3.8) is 0 Å². The highest BCUT2D eigenvalue weighted by Crippen LogP contribution is 2.21. The van der Waals surface area contributed by atoms with Crippen LogP contribution in [0, 0.1) is 19.7 Å². The minimum Gasteiger partial charge on any atom is -0.489 e. The normalized spacial score (nSPS) is 12.2. The summed E-state index contributed by atoms with van der Waals surface area (Å²) in [6.45, 7) is 4.15. The van der Waals surface area contributed by atoms with E-state index in [9.17, 15) is 4.39 Å².